The van der Waals surface area contributed by atoms with Crippen molar-refractivity contribution in [2.24, 2.45) is 0 Å². The fourth-order valence-electron chi connectivity index (χ4n) is 4.98. The van der Waals surface area contributed by atoms with Gasteiger partial charge in [0.25, 0.3) is 5.91 Å². The van der Waals surface area contributed by atoms with Crippen LogP contribution in [0.5, 0.6) is 5.75 Å². The Morgan fingerprint density at radius 2 is 1.72 bits per heavy atom. The van der Waals surface area contributed by atoms with E-state index >= 15 is 0 Å². The zero-order chi connectivity index (χ0) is 30.3. The molecule has 0 atom stereocenters. The number of hydrogen-bond donors (Lipinski definition) is 2. The highest BCUT2D eigenvalue weighted by molar-refractivity contribution is 7.92. The molecule has 218 valence electrons. The molecule has 0 radical (unpaired) electrons. The van der Waals surface area contributed by atoms with E-state index in [4.69, 9.17) is 9.15 Å². The molecule has 0 saturated carbocycles. The molecule has 6 rings (SSSR count). The van der Waals surface area contributed by atoms with Crippen LogP contribution in [0, 0.1) is 5.82 Å². The summed E-state index contributed by atoms with van der Waals surface area (Å²) in [5.74, 6) is -0.00929. The lowest BCUT2D eigenvalue weighted by molar-refractivity contribution is 0.0964. The highest BCUT2D eigenvalue weighted by Crippen LogP contribution is 2.41. The van der Waals surface area contributed by atoms with E-state index in [2.05, 4.69) is 15.0 Å². The Morgan fingerprint density at radius 3 is 2.40 bits per heavy atom. The first-order valence-electron chi connectivity index (χ1n) is 13.4. The van der Waals surface area contributed by atoms with E-state index in [1.807, 2.05) is 47.0 Å². The molecular formula is C32H27FN4O5S. The minimum Gasteiger partial charge on any atom is -0.497 e. The molecule has 0 unspecified atom stereocenters. The number of imidazole rings is 1. The van der Waals surface area contributed by atoms with Crippen molar-refractivity contribution < 1.29 is 26.8 Å². The van der Waals surface area contributed by atoms with Crippen molar-refractivity contribution in [3.05, 3.63) is 96.6 Å². The number of anilines is 1. The van der Waals surface area contributed by atoms with Crippen molar-refractivity contribution in [3.63, 3.8) is 0 Å². The molecule has 0 bridgehead atoms. The van der Waals surface area contributed by atoms with Crippen LogP contribution < -0.4 is 14.8 Å². The van der Waals surface area contributed by atoms with Gasteiger partial charge in [-0.2, -0.15) is 0 Å². The van der Waals surface area contributed by atoms with Crippen LogP contribution in [0.1, 0.15) is 17.3 Å². The van der Waals surface area contributed by atoms with Crippen LogP contribution in [-0.2, 0) is 10.0 Å². The third-order valence-electron chi connectivity index (χ3n) is 7.24. The molecule has 0 aliphatic heterocycles. The molecule has 0 saturated heterocycles. The van der Waals surface area contributed by atoms with Gasteiger partial charge in [-0.05, 0) is 79.2 Å². The van der Waals surface area contributed by atoms with Crippen LogP contribution in [0.25, 0.3) is 50.1 Å². The van der Waals surface area contributed by atoms with E-state index in [1.54, 1.807) is 32.5 Å². The van der Waals surface area contributed by atoms with Crippen molar-refractivity contribution in [3.8, 4) is 33.9 Å². The predicted octanol–water partition coefficient (Wildman–Crippen LogP) is 6.37. The third-order valence-corrected chi connectivity index (χ3v) is 8.53. The second-order valence-corrected chi connectivity index (χ2v) is 11.8. The average molecular weight is 599 g/mol. The largest absolute Gasteiger partial charge is 0.497 e. The van der Waals surface area contributed by atoms with Gasteiger partial charge in [-0.15, -0.1) is 0 Å². The lowest BCUT2D eigenvalue weighted by atomic mass is 9.98. The number of carbonyl (C=O) groups is 1. The summed E-state index contributed by atoms with van der Waals surface area (Å²) in [5, 5.41) is 3.12. The number of carbonyl (C=O) groups excluding carboxylic acids is 1. The van der Waals surface area contributed by atoms with Gasteiger partial charge in [0, 0.05) is 35.3 Å². The van der Waals surface area contributed by atoms with E-state index in [-0.39, 0.29) is 22.8 Å². The van der Waals surface area contributed by atoms with Gasteiger partial charge in [0.15, 0.2) is 0 Å². The van der Waals surface area contributed by atoms with Crippen LogP contribution in [0.4, 0.5) is 10.1 Å². The highest BCUT2D eigenvalue weighted by Gasteiger charge is 2.25. The standard InChI is InChI=1S/C32H27FN4O5S/c1-4-43(39,40)36-27-17-29-25(30(32(38)34-2)31(42-29)19-5-8-21(33)9-6-19)16-24(27)20-7-14-26-28(15-20)37(18-35-26)22-10-12-23(41-3)13-11-22/h5-18,36H,4H2,1-3H3,(H,34,38). The maximum Gasteiger partial charge on any atom is 0.255 e. The number of benzene rings is 4. The molecule has 11 heteroatoms. The van der Waals surface area contributed by atoms with E-state index in [9.17, 15) is 17.6 Å². The zero-order valence-corrected chi connectivity index (χ0v) is 24.3. The van der Waals surface area contributed by atoms with E-state index in [1.165, 1.54) is 31.3 Å². The molecule has 6 aromatic rings. The van der Waals surface area contributed by atoms with Gasteiger partial charge in [-0.1, -0.05) is 6.07 Å². The Kier molecular flexibility index (Phi) is 7.10. The van der Waals surface area contributed by atoms with Crippen molar-refractivity contribution in [1.29, 1.82) is 0 Å². The number of fused-ring (bicyclic) bond motifs is 2. The molecule has 0 aliphatic carbocycles. The van der Waals surface area contributed by atoms with Crippen LogP contribution in [0.15, 0.2) is 89.6 Å². The summed E-state index contributed by atoms with van der Waals surface area (Å²) in [6, 6.07) is 22.1. The number of aromatic nitrogens is 2. The van der Waals surface area contributed by atoms with Crippen molar-refractivity contribution in [2.45, 2.75) is 6.92 Å². The SMILES string of the molecule is CCS(=O)(=O)Nc1cc2oc(-c3ccc(F)cc3)c(C(=O)NC)c2cc1-c1ccc2ncn(-c3ccc(OC)cc3)c2c1. The minimum atomic E-state index is -3.68. The predicted molar refractivity (Wildman–Crippen MR) is 165 cm³/mol. The fourth-order valence-corrected chi connectivity index (χ4v) is 5.63. The molecule has 2 heterocycles. The Bertz CT molecular complexity index is 2100. The smallest absolute Gasteiger partial charge is 0.255 e. The first-order valence-corrected chi connectivity index (χ1v) is 15.1. The molecule has 0 aliphatic rings. The van der Waals surface area contributed by atoms with Crippen molar-refractivity contribution >= 4 is 43.6 Å². The molecule has 1 amide bonds. The van der Waals surface area contributed by atoms with Crippen LogP contribution >= 0.6 is 0 Å². The number of ether oxygens (including phenoxy) is 1. The summed E-state index contributed by atoms with van der Waals surface area (Å²) in [7, 11) is -0.572. The normalized spacial score (nSPS) is 11.6. The van der Waals surface area contributed by atoms with Gasteiger partial charge in [0.05, 0.1) is 35.1 Å². The maximum atomic E-state index is 13.7. The first-order chi connectivity index (χ1) is 20.7. The van der Waals surface area contributed by atoms with E-state index in [0.29, 0.717) is 27.7 Å². The number of hydrogen-bond acceptors (Lipinski definition) is 6. The Balaban J connectivity index is 1.59. The van der Waals surface area contributed by atoms with Crippen LogP contribution in [0.2, 0.25) is 0 Å². The van der Waals surface area contributed by atoms with Gasteiger partial charge in [0.2, 0.25) is 10.0 Å². The Morgan fingerprint density at radius 1 is 1.00 bits per heavy atom. The fraction of sp³-hybridized carbons (Fsp3) is 0.125. The molecular weight excluding hydrogens is 571 g/mol. The quantitative estimate of drug-likeness (QED) is 0.210. The molecule has 9 nitrogen and oxygen atoms in total. The topological polar surface area (TPSA) is 115 Å². The van der Waals surface area contributed by atoms with Crippen molar-refractivity contribution in [1.82, 2.24) is 14.9 Å². The van der Waals surface area contributed by atoms with Gasteiger partial charge in [-0.25, -0.2) is 17.8 Å². The Labute approximate surface area is 247 Å². The van der Waals surface area contributed by atoms with Crippen LogP contribution in [0.3, 0.4) is 0 Å². The molecule has 4 aromatic carbocycles. The number of nitrogens with one attached hydrogen (secondary N) is 2. The molecule has 2 aromatic heterocycles. The molecule has 43 heavy (non-hydrogen) atoms. The van der Waals surface area contributed by atoms with Gasteiger partial charge < -0.3 is 14.5 Å². The van der Waals surface area contributed by atoms with Crippen molar-refractivity contribution in [2.75, 3.05) is 24.6 Å². The third kappa shape index (κ3) is 5.19. The molecule has 2 N–H and O–H groups in total. The summed E-state index contributed by atoms with van der Waals surface area (Å²) < 4.78 is 55.2. The minimum absolute atomic E-state index is 0.143. The summed E-state index contributed by atoms with van der Waals surface area (Å²) in [5.41, 5.74) is 4.94. The summed E-state index contributed by atoms with van der Waals surface area (Å²) in [4.78, 5) is 17.7. The van der Waals surface area contributed by atoms with E-state index in [0.717, 1.165) is 22.5 Å². The monoisotopic (exact) mass is 598 g/mol. The summed E-state index contributed by atoms with van der Waals surface area (Å²) >= 11 is 0. The lowest BCUT2D eigenvalue weighted by Gasteiger charge is -2.13. The first kappa shape index (κ1) is 28.0. The summed E-state index contributed by atoms with van der Waals surface area (Å²) in [6.45, 7) is 1.54. The van der Waals surface area contributed by atoms with E-state index < -0.39 is 21.7 Å². The second kappa shape index (κ2) is 10.9. The highest BCUT2D eigenvalue weighted by atomic mass is 32.2. The Hall–Kier alpha value is -5.16. The second-order valence-electron chi connectivity index (χ2n) is 9.81. The average Bonchev–Trinajstić information content (AvgIpc) is 3.61. The number of furan rings is 1. The number of sulfonamides is 1. The number of nitrogens with zero attached hydrogens (tertiary/aromatic N) is 2. The number of methoxy groups -OCH3 is 1. The number of amides is 1. The van der Waals surface area contributed by atoms with Crippen LogP contribution in [-0.4, -0.2) is 43.8 Å². The number of rotatable bonds is 8. The van der Waals surface area contributed by atoms with Gasteiger partial charge >= 0.3 is 0 Å². The molecule has 0 fully saturated rings. The number of halogens is 1. The zero-order valence-electron chi connectivity index (χ0n) is 23.5. The van der Waals surface area contributed by atoms with Gasteiger partial charge in [0.1, 0.15) is 29.2 Å². The molecule has 0 spiro atoms. The lowest BCUT2D eigenvalue weighted by Crippen LogP contribution is -2.18. The van der Waals surface area contributed by atoms with Gasteiger partial charge in [-0.3, -0.25) is 14.1 Å². The maximum absolute atomic E-state index is 13.7. The summed E-state index contributed by atoms with van der Waals surface area (Å²) in [6.07, 6.45) is 1.72.